The van der Waals surface area contributed by atoms with Crippen LogP contribution in [-0.4, -0.2) is 57.5 Å². The van der Waals surface area contributed by atoms with Crippen LogP contribution in [0.3, 0.4) is 0 Å². The molecule has 9 heteroatoms. The monoisotopic (exact) mass is 459 g/mol. The van der Waals surface area contributed by atoms with Crippen molar-refractivity contribution in [3.8, 4) is 0 Å². The van der Waals surface area contributed by atoms with Gasteiger partial charge in [-0.2, -0.15) is 0 Å². The zero-order valence-corrected chi connectivity index (χ0v) is 18.3. The summed E-state index contributed by atoms with van der Waals surface area (Å²) in [5.74, 6) is -1.60. The number of benzene rings is 2. The number of nitrogens with one attached hydrogen (secondary N) is 5. The second-order valence-electron chi connectivity index (χ2n) is 8.49. The highest BCUT2D eigenvalue weighted by Gasteiger charge is 2.34. The van der Waals surface area contributed by atoms with Crippen molar-refractivity contribution in [2.24, 2.45) is 0 Å². The fraction of sp³-hybridized carbons (Fsp3) is 0.240. The van der Waals surface area contributed by atoms with Crippen LogP contribution in [0.2, 0.25) is 0 Å². The van der Waals surface area contributed by atoms with E-state index in [9.17, 15) is 19.5 Å². The second-order valence-corrected chi connectivity index (χ2v) is 8.49. The van der Waals surface area contributed by atoms with Crippen molar-refractivity contribution < 1.29 is 19.5 Å². The number of aliphatic hydroxyl groups is 1. The van der Waals surface area contributed by atoms with Gasteiger partial charge in [0.05, 0.1) is 6.61 Å². The number of aliphatic hydroxyl groups excluding tert-OH is 1. The van der Waals surface area contributed by atoms with E-state index in [1.807, 2.05) is 60.9 Å². The zero-order valence-electron chi connectivity index (χ0n) is 18.3. The minimum atomic E-state index is -1.16. The highest BCUT2D eigenvalue weighted by Crippen LogP contribution is 2.21. The summed E-state index contributed by atoms with van der Waals surface area (Å²) < 4.78 is 0. The van der Waals surface area contributed by atoms with Gasteiger partial charge in [0, 0.05) is 47.0 Å². The Morgan fingerprint density at radius 2 is 1.03 bits per heavy atom. The summed E-state index contributed by atoms with van der Waals surface area (Å²) in [6.45, 7) is -0.578. The Kier molecular flexibility index (Phi) is 5.77. The molecule has 6 N–H and O–H groups in total. The van der Waals surface area contributed by atoms with Crippen LogP contribution in [0.4, 0.5) is 0 Å². The maximum atomic E-state index is 13.3. The van der Waals surface area contributed by atoms with Crippen LogP contribution in [0.25, 0.3) is 21.8 Å². The summed E-state index contributed by atoms with van der Waals surface area (Å²) in [6.07, 6.45) is 4.08. The van der Waals surface area contributed by atoms with Crippen LogP contribution >= 0.6 is 0 Å². The number of aromatic amines is 2. The number of hydrogen-bond donors (Lipinski definition) is 6. The molecule has 1 saturated heterocycles. The van der Waals surface area contributed by atoms with Gasteiger partial charge in [-0.15, -0.1) is 0 Å². The van der Waals surface area contributed by atoms with E-state index < -0.39 is 42.5 Å². The number of H-pyrrole nitrogens is 2. The number of carbonyl (C=O) groups excluding carboxylic acids is 3. The maximum Gasteiger partial charge on any atom is 0.245 e. The summed E-state index contributed by atoms with van der Waals surface area (Å²) in [5, 5.41) is 19.7. The minimum Gasteiger partial charge on any atom is -0.394 e. The van der Waals surface area contributed by atoms with Gasteiger partial charge >= 0.3 is 0 Å². The van der Waals surface area contributed by atoms with Crippen molar-refractivity contribution in [3.05, 3.63) is 72.1 Å². The van der Waals surface area contributed by atoms with Crippen LogP contribution in [-0.2, 0) is 27.2 Å². The predicted octanol–water partition coefficient (Wildman–Crippen LogP) is 0.895. The first kappa shape index (κ1) is 21.7. The van der Waals surface area contributed by atoms with Gasteiger partial charge in [-0.3, -0.25) is 14.4 Å². The summed E-state index contributed by atoms with van der Waals surface area (Å²) >= 11 is 0. The van der Waals surface area contributed by atoms with Crippen molar-refractivity contribution >= 4 is 39.5 Å². The van der Waals surface area contributed by atoms with E-state index in [2.05, 4.69) is 25.9 Å². The molecule has 0 spiro atoms. The van der Waals surface area contributed by atoms with E-state index in [0.29, 0.717) is 0 Å². The number of fused-ring (bicyclic) bond motifs is 2. The Morgan fingerprint density at radius 3 is 1.50 bits per heavy atom. The molecule has 4 aromatic rings. The lowest BCUT2D eigenvalue weighted by Crippen LogP contribution is -2.52. The molecule has 174 valence electrons. The Hall–Kier alpha value is -4.11. The Morgan fingerprint density at radius 1 is 0.618 bits per heavy atom. The van der Waals surface area contributed by atoms with Gasteiger partial charge in [-0.25, -0.2) is 0 Å². The molecule has 0 radical (unpaired) electrons. The highest BCUT2D eigenvalue weighted by atomic mass is 16.3. The average Bonchev–Trinajstić information content (AvgIpc) is 3.45. The van der Waals surface area contributed by atoms with Crippen LogP contribution in [0.1, 0.15) is 11.1 Å². The summed E-state index contributed by atoms with van der Waals surface area (Å²) in [7, 11) is 0. The Labute approximate surface area is 194 Å². The van der Waals surface area contributed by atoms with E-state index in [1.165, 1.54) is 0 Å². The van der Waals surface area contributed by atoms with Gasteiger partial charge in [0.1, 0.15) is 18.1 Å². The van der Waals surface area contributed by atoms with Gasteiger partial charge in [-0.05, 0) is 23.3 Å². The number of aromatic nitrogens is 2. The molecule has 3 heterocycles. The topological polar surface area (TPSA) is 139 Å². The molecule has 0 bridgehead atoms. The second kappa shape index (κ2) is 9.03. The third-order valence-electron chi connectivity index (χ3n) is 6.28. The molecular weight excluding hydrogens is 434 g/mol. The molecule has 1 aliphatic rings. The van der Waals surface area contributed by atoms with Gasteiger partial charge < -0.3 is 31.0 Å². The third-order valence-corrected chi connectivity index (χ3v) is 6.28. The molecule has 3 atom stereocenters. The molecule has 1 aliphatic heterocycles. The normalized spacial score (nSPS) is 21.4. The number of rotatable bonds is 5. The lowest BCUT2D eigenvalue weighted by atomic mass is 10.0. The Bertz CT molecular complexity index is 1300. The fourth-order valence-electron chi connectivity index (χ4n) is 4.47. The molecule has 0 aliphatic carbocycles. The molecule has 3 unspecified atom stereocenters. The van der Waals surface area contributed by atoms with Crippen molar-refractivity contribution in [1.82, 2.24) is 25.9 Å². The van der Waals surface area contributed by atoms with Crippen LogP contribution in [0, 0.1) is 0 Å². The molecule has 3 amide bonds. The van der Waals surface area contributed by atoms with Crippen molar-refractivity contribution in [3.63, 3.8) is 0 Å². The van der Waals surface area contributed by atoms with E-state index in [0.717, 1.165) is 32.9 Å². The highest BCUT2D eigenvalue weighted by molar-refractivity contribution is 5.98. The van der Waals surface area contributed by atoms with Gasteiger partial charge in [0.15, 0.2) is 0 Å². The van der Waals surface area contributed by atoms with Crippen LogP contribution in [0.5, 0.6) is 0 Å². The fourth-order valence-corrected chi connectivity index (χ4v) is 4.47. The minimum absolute atomic E-state index is 0.230. The average molecular weight is 460 g/mol. The Balaban J connectivity index is 1.44. The summed E-state index contributed by atoms with van der Waals surface area (Å²) in [6, 6.07) is 12.4. The third kappa shape index (κ3) is 4.13. The first-order chi connectivity index (χ1) is 16.5. The number of para-hydroxylation sites is 2. The van der Waals surface area contributed by atoms with Gasteiger partial charge in [0.2, 0.25) is 17.7 Å². The lowest BCUT2D eigenvalue weighted by molar-refractivity contribution is -0.130. The number of hydrogen-bond acceptors (Lipinski definition) is 4. The maximum absolute atomic E-state index is 13.3. The van der Waals surface area contributed by atoms with Crippen molar-refractivity contribution in [1.29, 1.82) is 0 Å². The van der Waals surface area contributed by atoms with Gasteiger partial charge in [0.25, 0.3) is 0 Å². The van der Waals surface area contributed by atoms with Gasteiger partial charge in [-0.1, -0.05) is 36.4 Å². The quantitative estimate of drug-likeness (QED) is 0.264. The molecule has 34 heavy (non-hydrogen) atoms. The van der Waals surface area contributed by atoms with Crippen molar-refractivity contribution in [2.75, 3.05) is 6.61 Å². The largest absolute Gasteiger partial charge is 0.394 e. The molecule has 2 aromatic heterocycles. The molecule has 1 fully saturated rings. The molecular formula is C25H25N5O4. The molecule has 5 rings (SSSR count). The van der Waals surface area contributed by atoms with Crippen LogP contribution < -0.4 is 16.0 Å². The number of amides is 3. The standard InChI is InChI=1S/C25H25N5O4/c31-13-22-25(34)29-20(9-14-11-26-18-7-3-1-5-16(14)18)23(32)28-21(24(33)30-22)10-15-12-27-19-8-4-2-6-17(15)19/h1-8,11-12,20-22,26-27,31H,9-10,13H2,(H,28,32)(H,29,34)(H,30,33). The SMILES string of the molecule is O=C1NC(Cc2c[nH]c3ccccc23)C(=O)NC(Cc2c[nH]c3ccccc23)C(=O)NC1CO. The first-order valence-corrected chi connectivity index (χ1v) is 11.2. The van der Waals surface area contributed by atoms with E-state index in [-0.39, 0.29) is 12.8 Å². The molecule has 9 nitrogen and oxygen atoms in total. The van der Waals surface area contributed by atoms with E-state index >= 15 is 0 Å². The summed E-state index contributed by atoms with van der Waals surface area (Å²) in [5.41, 5.74) is 3.58. The molecule has 2 aromatic carbocycles. The van der Waals surface area contributed by atoms with Crippen molar-refractivity contribution in [2.45, 2.75) is 31.0 Å². The predicted molar refractivity (Wildman–Crippen MR) is 127 cm³/mol. The summed E-state index contributed by atoms with van der Waals surface area (Å²) in [4.78, 5) is 45.4. The van der Waals surface area contributed by atoms with E-state index in [4.69, 9.17) is 0 Å². The van der Waals surface area contributed by atoms with Crippen LogP contribution in [0.15, 0.2) is 60.9 Å². The smallest absolute Gasteiger partial charge is 0.245 e. The number of carbonyl (C=O) groups is 3. The van der Waals surface area contributed by atoms with E-state index in [1.54, 1.807) is 0 Å². The first-order valence-electron chi connectivity index (χ1n) is 11.2. The molecule has 0 saturated carbocycles. The lowest BCUT2D eigenvalue weighted by Gasteiger charge is -2.20. The zero-order chi connectivity index (χ0) is 23.7.